The molecule has 3 aromatic rings. The minimum atomic E-state index is -5.01. The van der Waals surface area contributed by atoms with Gasteiger partial charge >= 0.3 is 12.4 Å². The van der Waals surface area contributed by atoms with Gasteiger partial charge in [-0.15, -0.1) is 0 Å². The second-order valence-corrected chi connectivity index (χ2v) is 8.18. The number of carbonyl (C=O) groups is 1. The third-order valence-electron chi connectivity index (χ3n) is 5.46. The van der Waals surface area contributed by atoms with E-state index in [1.54, 1.807) is 18.2 Å². The number of halogens is 7. The lowest BCUT2D eigenvalue weighted by atomic mass is 9.94. The van der Waals surface area contributed by atoms with Gasteiger partial charge in [-0.25, -0.2) is 4.98 Å². The van der Waals surface area contributed by atoms with E-state index < -0.39 is 40.9 Å². The van der Waals surface area contributed by atoms with Crippen LogP contribution in [0.3, 0.4) is 0 Å². The summed E-state index contributed by atoms with van der Waals surface area (Å²) in [5, 5.41) is 0.156. The van der Waals surface area contributed by atoms with Gasteiger partial charge in [-0.1, -0.05) is 35.9 Å². The lowest BCUT2D eigenvalue weighted by Gasteiger charge is -2.25. The van der Waals surface area contributed by atoms with E-state index in [0.717, 1.165) is 16.0 Å². The monoisotopic (exact) mass is 500 g/mol. The highest BCUT2D eigenvalue weighted by Gasteiger charge is 2.38. The maximum absolute atomic E-state index is 13.3. The fourth-order valence-electron chi connectivity index (χ4n) is 3.56. The van der Waals surface area contributed by atoms with Crippen LogP contribution in [-0.2, 0) is 17.1 Å². The van der Waals surface area contributed by atoms with E-state index in [1.807, 2.05) is 19.1 Å². The van der Waals surface area contributed by atoms with Crippen molar-refractivity contribution in [2.45, 2.75) is 32.1 Å². The summed E-state index contributed by atoms with van der Waals surface area (Å²) in [6.07, 6.45) is -8.69. The van der Waals surface area contributed by atoms with Crippen molar-refractivity contribution in [1.29, 1.82) is 0 Å². The molecule has 2 aromatic carbocycles. The summed E-state index contributed by atoms with van der Waals surface area (Å²) in [6.45, 7) is 3.10. The minimum absolute atomic E-state index is 0.0316. The predicted octanol–water partition coefficient (Wildman–Crippen LogP) is 7.51. The molecule has 34 heavy (non-hydrogen) atoms. The van der Waals surface area contributed by atoms with Gasteiger partial charge in [0.15, 0.2) is 0 Å². The molecular formula is C24H19ClF6N2O. The standard InChI is InChI=1S/C24H19ClF6N2O/c1-13-6-4-5-7-18(13)19-11-21(25)32-12-20(19)33(3)22(34)14(2)15-8-16(23(26,27)28)10-17(9-15)24(29,30)31/h4-12,14H,1-3H3. The Labute approximate surface area is 197 Å². The van der Waals surface area contributed by atoms with Crippen molar-refractivity contribution in [2.24, 2.45) is 0 Å². The van der Waals surface area contributed by atoms with Gasteiger partial charge in [-0.3, -0.25) is 4.79 Å². The molecular weight excluding hydrogens is 482 g/mol. The molecule has 10 heteroatoms. The van der Waals surface area contributed by atoms with E-state index in [0.29, 0.717) is 23.4 Å². The average molecular weight is 501 g/mol. The van der Waals surface area contributed by atoms with Crippen molar-refractivity contribution in [2.75, 3.05) is 11.9 Å². The molecule has 0 fully saturated rings. The Hall–Kier alpha value is -3.07. The maximum atomic E-state index is 13.3. The second kappa shape index (κ2) is 9.29. The van der Waals surface area contributed by atoms with Crippen molar-refractivity contribution >= 4 is 23.2 Å². The van der Waals surface area contributed by atoms with Gasteiger partial charge in [0.1, 0.15) is 5.15 Å². The third kappa shape index (κ3) is 5.35. The van der Waals surface area contributed by atoms with Crippen LogP contribution in [0.15, 0.2) is 54.7 Å². The van der Waals surface area contributed by atoms with Crippen molar-refractivity contribution in [3.63, 3.8) is 0 Å². The molecule has 1 aromatic heterocycles. The first-order valence-electron chi connectivity index (χ1n) is 9.98. The SMILES string of the molecule is Cc1ccccc1-c1cc(Cl)ncc1N(C)C(=O)C(C)c1cc(C(F)(F)F)cc(C(F)(F)F)c1. The predicted molar refractivity (Wildman–Crippen MR) is 118 cm³/mol. The number of benzene rings is 2. The lowest BCUT2D eigenvalue weighted by Crippen LogP contribution is -2.31. The second-order valence-electron chi connectivity index (χ2n) is 7.80. The zero-order valence-electron chi connectivity index (χ0n) is 18.2. The number of hydrogen-bond acceptors (Lipinski definition) is 2. The van der Waals surface area contributed by atoms with Gasteiger partial charge in [0.05, 0.1) is 28.9 Å². The molecule has 0 aliphatic rings. The lowest BCUT2D eigenvalue weighted by molar-refractivity contribution is -0.143. The molecule has 0 radical (unpaired) electrons. The first-order valence-corrected chi connectivity index (χ1v) is 10.4. The summed E-state index contributed by atoms with van der Waals surface area (Å²) >= 11 is 6.05. The van der Waals surface area contributed by atoms with Crippen LogP contribution in [-0.4, -0.2) is 17.9 Å². The van der Waals surface area contributed by atoms with Crippen molar-refractivity contribution in [1.82, 2.24) is 4.98 Å². The van der Waals surface area contributed by atoms with E-state index in [2.05, 4.69) is 4.98 Å². The normalized spacial score (nSPS) is 13.0. The highest BCUT2D eigenvalue weighted by molar-refractivity contribution is 6.29. The Bertz CT molecular complexity index is 1190. The van der Waals surface area contributed by atoms with Crippen molar-refractivity contribution in [3.8, 4) is 11.1 Å². The number of aromatic nitrogens is 1. The van der Waals surface area contributed by atoms with Gasteiger partial charge in [-0.2, -0.15) is 26.3 Å². The van der Waals surface area contributed by atoms with E-state index in [-0.39, 0.29) is 11.2 Å². The fourth-order valence-corrected chi connectivity index (χ4v) is 3.72. The van der Waals surface area contributed by atoms with E-state index in [9.17, 15) is 31.1 Å². The highest BCUT2D eigenvalue weighted by atomic mass is 35.5. The van der Waals surface area contributed by atoms with E-state index in [1.165, 1.54) is 20.2 Å². The Balaban J connectivity index is 2.06. The Morgan fingerprint density at radius 3 is 2.03 bits per heavy atom. The van der Waals surface area contributed by atoms with Crippen molar-refractivity contribution in [3.05, 3.63) is 82.1 Å². The van der Waals surface area contributed by atoms with Crippen LogP contribution < -0.4 is 4.90 Å². The number of carbonyl (C=O) groups excluding carboxylic acids is 1. The molecule has 0 bridgehead atoms. The van der Waals surface area contributed by atoms with E-state index >= 15 is 0 Å². The number of anilines is 1. The molecule has 0 N–H and O–H groups in total. The summed E-state index contributed by atoms with van der Waals surface area (Å²) in [4.78, 5) is 18.4. The van der Waals surface area contributed by atoms with Crippen LogP contribution >= 0.6 is 11.6 Å². The molecule has 180 valence electrons. The number of aryl methyl sites for hydroxylation is 1. The van der Waals surface area contributed by atoms with Gasteiger partial charge in [0, 0.05) is 12.6 Å². The zero-order chi connectivity index (χ0) is 25.4. The number of rotatable bonds is 4. The fraction of sp³-hybridized carbons (Fsp3) is 0.250. The van der Waals surface area contributed by atoms with Gasteiger partial charge in [0.25, 0.3) is 0 Å². The molecule has 1 heterocycles. The molecule has 3 rings (SSSR count). The molecule has 0 saturated heterocycles. The largest absolute Gasteiger partial charge is 0.416 e. The summed E-state index contributed by atoms with van der Waals surface area (Å²) in [6, 6.07) is 9.95. The summed E-state index contributed by atoms with van der Waals surface area (Å²) < 4.78 is 79.5. The number of likely N-dealkylation sites (N-methyl/N-ethyl adjacent to an activating group) is 1. The van der Waals surface area contributed by atoms with Crippen LogP contribution in [0.1, 0.15) is 35.1 Å². The quantitative estimate of drug-likeness (QED) is 0.274. The van der Waals surface area contributed by atoms with Gasteiger partial charge in [-0.05, 0) is 54.8 Å². The number of amides is 1. The number of hydrogen-bond donors (Lipinski definition) is 0. The highest BCUT2D eigenvalue weighted by Crippen LogP contribution is 2.39. The Morgan fingerprint density at radius 1 is 0.941 bits per heavy atom. The maximum Gasteiger partial charge on any atom is 0.416 e. The molecule has 1 amide bonds. The minimum Gasteiger partial charge on any atom is -0.313 e. The summed E-state index contributed by atoms with van der Waals surface area (Å²) in [5.74, 6) is -2.03. The molecule has 1 unspecified atom stereocenters. The zero-order valence-corrected chi connectivity index (χ0v) is 19.0. The average Bonchev–Trinajstić information content (AvgIpc) is 2.76. The molecule has 3 nitrogen and oxygen atoms in total. The molecule has 0 saturated carbocycles. The molecule has 0 aliphatic carbocycles. The Morgan fingerprint density at radius 2 is 1.50 bits per heavy atom. The first kappa shape index (κ1) is 25.6. The van der Waals surface area contributed by atoms with Gasteiger partial charge in [0.2, 0.25) is 5.91 Å². The molecule has 0 spiro atoms. The molecule has 0 aliphatic heterocycles. The van der Waals surface area contributed by atoms with E-state index in [4.69, 9.17) is 11.6 Å². The van der Waals surface area contributed by atoms with Crippen LogP contribution in [0, 0.1) is 6.92 Å². The summed E-state index contributed by atoms with van der Waals surface area (Å²) in [7, 11) is 1.38. The smallest absolute Gasteiger partial charge is 0.313 e. The van der Waals surface area contributed by atoms with Gasteiger partial charge < -0.3 is 4.90 Å². The van der Waals surface area contributed by atoms with Crippen LogP contribution in [0.4, 0.5) is 32.0 Å². The van der Waals surface area contributed by atoms with Crippen LogP contribution in [0.25, 0.3) is 11.1 Å². The molecule has 1 atom stereocenters. The Kier molecular flexibility index (Phi) is 6.98. The topological polar surface area (TPSA) is 33.2 Å². The third-order valence-corrected chi connectivity index (χ3v) is 5.66. The number of nitrogens with zero attached hydrogens (tertiary/aromatic N) is 2. The number of pyridine rings is 1. The van der Waals surface area contributed by atoms with Crippen LogP contribution in [0.2, 0.25) is 5.15 Å². The van der Waals surface area contributed by atoms with Crippen molar-refractivity contribution < 1.29 is 31.1 Å². The number of alkyl halides is 6. The first-order chi connectivity index (χ1) is 15.7. The summed E-state index contributed by atoms with van der Waals surface area (Å²) in [5.41, 5.74) is -0.903. The van der Waals surface area contributed by atoms with Crippen LogP contribution in [0.5, 0.6) is 0 Å².